The van der Waals surface area contributed by atoms with Crippen LogP contribution in [0.25, 0.3) is 0 Å². The summed E-state index contributed by atoms with van der Waals surface area (Å²) < 4.78 is 5.15. The molecule has 0 heterocycles. The van der Waals surface area contributed by atoms with Crippen molar-refractivity contribution in [1.82, 2.24) is 4.90 Å². The van der Waals surface area contributed by atoms with Crippen LogP contribution in [0.5, 0.6) is 0 Å². The fraction of sp³-hybridized carbons (Fsp3) is 0.714. The molecule has 0 N–H and O–H groups in total. The van der Waals surface area contributed by atoms with Crippen LogP contribution in [-0.4, -0.2) is 36.5 Å². The van der Waals surface area contributed by atoms with Gasteiger partial charge in [0.1, 0.15) is 0 Å². The third-order valence-electron chi connectivity index (χ3n) is 2.40. The summed E-state index contributed by atoms with van der Waals surface area (Å²) in [5.74, 6) is -0.279. The SMILES string of the molecule is C=CC(=O)N(CCC)CCCOC(=O)C(C)(C)C. The molecular formula is C14H25NO3. The van der Waals surface area contributed by atoms with Gasteiger partial charge in [-0.05, 0) is 39.7 Å². The molecule has 0 aliphatic heterocycles. The maximum atomic E-state index is 11.5. The second-order valence-electron chi connectivity index (χ2n) is 5.27. The summed E-state index contributed by atoms with van der Waals surface area (Å²) in [5.41, 5.74) is -0.472. The van der Waals surface area contributed by atoms with Gasteiger partial charge in [-0.3, -0.25) is 9.59 Å². The van der Waals surface area contributed by atoms with E-state index in [4.69, 9.17) is 4.74 Å². The molecule has 0 rings (SSSR count). The standard InChI is InChI=1S/C14H25NO3/c1-6-9-15(12(16)7-2)10-8-11-18-13(17)14(3,4)5/h7H,2,6,8-11H2,1,3-5H3. The number of esters is 1. The van der Waals surface area contributed by atoms with Crippen molar-refractivity contribution in [1.29, 1.82) is 0 Å². The van der Waals surface area contributed by atoms with Crippen molar-refractivity contribution in [2.24, 2.45) is 5.41 Å². The highest BCUT2D eigenvalue weighted by Crippen LogP contribution is 2.15. The van der Waals surface area contributed by atoms with Gasteiger partial charge in [-0.1, -0.05) is 13.5 Å². The molecule has 4 heteroatoms. The van der Waals surface area contributed by atoms with E-state index >= 15 is 0 Å². The first-order chi connectivity index (χ1) is 8.32. The molecule has 0 aliphatic rings. The van der Waals surface area contributed by atoms with E-state index in [0.717, 1.165) is 6.42 Å². The molecule has 0 atom stereocenters. The molecule has 0 aliphatic carbocycles. The quantitative estimate of drug-likeness (QED) is 0.398. The lowest BCUT2D eigenvalue weighted by molar-refractivity contribution is -0.153. The van der Waals surface area contributed by atoms with Gasteiger partial charge >= 0.3 is 5.97 Å². The maximum absolute atomic E-state index is 11.5. The van der Waals surface area contributed by atoms with Crippen molar-refractivity contribution in [3.63, 3.8) is 0 Å². The highest BCUT2D eigenvalue weighted by Gasteiger charge is 2.22. The minimum absolute atomic E-state index is 0.0704. The number of nitrogens with zero attached hydrogens (tertiary/aromatic N) is 1. The number of amides is 1. The molecule has 4 nitrogen and oxygen atoms in total. The fourth-order valence-corrected chi connectivity index (χ4v) is 1.37. The van der Waals surface area contributed by atoms with Crippen LogP contribution in [0.15, 0.2) is 12.7 Å². The summed E-state index contributed by atoms with van der Waals surface area (Å²) in [6, 6.07) is 0. The van der Waals surface area contributed by atoms with Crippen LogP contribution in [0.2, 0.25) is 0 Å². The Hall–Kier alpha value is -1.32. The molecule has 0 saturated carbocycles. The molecule has 0 bridgehead atoms. The lowest BCUT2D eigenvalue weighted by Crippen LogP contribution is -2.32. The monoisotopic (exact) mass is 255 g/mol. The van der Waals surface area contributed by atoms with Gasteiger partial charge in [-0.2, -0.15) is 0 Å². The molecule has 0 spiro atoms. The lowest BCUT2D eigenvalue weighted by Gasteiger charge is -2.21. The number of carbonyl (C=O) groups excluding carboxylic acids is 2. The zero-order valence-corrected chi connectivity index (χ0v) is 12.0. The largest absolute Gasteiger partial charge is 0.465 e. The molecule has 0 aromatic rings. The number of carbonyl (C=O) groups is 2. The number of hydrogen-bond acceptors (Lipinski definition) is 3. The average Bonchev–Trinajstić information content (AvgIpc) is 2.30. The van der Waals surface area contributed by atoms with E-state index in [-0.39, 0.29) is 11.9 Å². The third-order valence-corrected chi connectivity index (χ3v) is 2.40. The van der Waals surface area contributed by atoms with Crippen LogP contribution in [0, 0.1) is 5.41 Å². The minimum atomic E-state index is -0.472. The van der Waals surface area contributed by atoms with Crippen LogP contribution >= 0.6 is 0 Å². The summed E-state index contributed by atoms with van der Waals surface area (Å²) in [7, 11) is 0. The molecule has 0 saturated heterocycles. The van der Waals surface area contributed by atoms with Crippen molar-refractivity contribution in [2.45, 2.75) is 40.5 Å². The molecule has 0 fully saturated rings. The molecule has 0 aromatic carbocycles. The molecule has 104 valence electrons. The van der Waals surface area contributed by atoms with Crippen LogP contribution in [0.4, 0.5) is 0 Å². The molecule has 0 unspecified atom stereocenters. The first-order valence-electron chi connectivity index (χ1n) is 6.41. The Labute approximate surface area is 110 Å². The highest BCUT2D eigenvalue weighted by atomic mass is 16.5. The topological polar surface area (TPSA) is 46.6 Å². The smallest absolute Gasteiger partial charge is 0.311 e. The average molecular weight is 255 g/mol. The van der Waals surface area contributed by atoms with E-state index in [1.807, 2.05) is 27.7 Å². The first kappa shape index (κ1) is 16.7. The Kier molecular flexibility index (Phi) is 7.32. The Bertz CT molecular complexity index is 292. The van der Waals surface area contributed by atoms with Gasteiger partial charge in [0.2, 0.25) is 5.91 Å². The molecule has 0 radical (unpaired) electrons. The van der Waals surface area contributed by atoms with Gasteiger partial charge in [0.05, 0.1) is 12.0 Å². The Balaban J connectivity index is 3.97. The molecule has 1 amide bonds. The minimum Gasteiger partial charge on any atom is -0.465 e. The predicted octanol–water partition coefficient (Wildman–Crippen LogP) is 2.39. The predicted molar refractivity (Wildman–Crippen MR) is 72.1 cm³/mol. The van der Waals surface area contributed by atoms with Crippen LogP contribution in [0.3, 0.4) is 0 Å². The van der Waals surface area contributed by atoms with Crippen LogP contribution in [-0.2, 0) is 14.3 Å². The number of hydrogen-bond donors (Lipinski definition) is 0. The van der Waals surface area contributed by atoms with Crippen molar-refractivity contribution in [3.05, 3.63) is 12.7 Å². The lowest BCUT2D eigenvalue weighted by atomic mass is 9.97. The summed E-state index contributed by atoms with van der Waals surface area (Å²) in [6.07, 6.45) is 2.87. The van der Waals surface area contributed by atoms with E-state index in [0.29, 0.717) is 26.1 Å². The van der Waals surface area contributed by atoms with Crippen LogP contribution in [0.1, 0.15) is 40.5 Å². The highest BCUT2D eigenvalue weighted by molar-refractivity contribution is 5.86. The van der Waals surface area contributed by atoms with Gasteiger partial charge < -0.3 is 9.64 Å². The normalized spacial score (nSPS) is 10.9. The number of rotatable bonds is 7. The van der Waals surface area contributed by atoms with Crippen molar-refractivity contribution in [2.75, 3.05) is 19.7 Å². The summed E-state index contributed by atoms with van der Waals surface area (Å²) in [4.78, 5) is 24.7. The summed E-state index contributed by atoms with van der Waals surface area (Å²) in [5, 5.41) is 0. The van der Waals surface area contributed by atoms with Crippen molar-refractivity contribution < 1.29 is 14.3 Å². The first-order valence-corrected chi connectivity index (χ1v) is 6.41. The summed E-state index contributed by atoms with van der Waals surface area (Å²) in [6.45, 7) is 12.6. The third kappa shape index (κ3) is 6.42. The van der Waals surface area contributed by atoms with Gasteiger partial charge in [0.15, 0.2) is 0 Å². The second-order valence-corrected chi connectivity index (χ2v) is 5.27. The van der Waals surface area contributed by atoms with Gasteiger partial charge in [0.25, 0.3) is 0 Å². The van der Waals surface area contributed by atoms with Crippen molar-refractivity contribution >= 4 is 11.9 Å². The van der Waals surface area contributed by atoms with E-state index in [1.54, 1.807) is 4.90 Å². The van der Waals surface area contributed by atoms with Crippen LogP contribution < -0.4 is 0 Å². The Morgan fingerprint density at radius 1 is 1.28 bits per heavy atom. The van der Waals surface area contributed by atoms with Gasteiger partial charge in [-0.15, -0.1) is 0 Å². The molecule has 18 heavy (non-hydrogen) atoms. The van der Waals surface area contributed by atoms with Crippen molar-refractivity contribution in [3.8, 4) is 0 Å². The Morgan fingerprint density at radius 2 is 1.89 bits per heavy atom. The van der Waals surface area contributed by atoms with E-state index in [2.05, 4.69) is 6.58 Å². The number of ether oxygens (including phenoxy) is 1. The molecule has 0 aromatic heterocycles. The maximum Gasteiger partial charge on any atom is 0.311 e. The summed E-state index contributed by atoms with van der Waals surface area (Å²) >= 11 is 0. The molecular weight excluding hydrogens is 230 g/mol. The Morgan fingerprint density at radius 3 is 2.33 bits per heavy atom. The van der Waals surface area contributed by atoms with Gasteiger partial charge in [0, 0.05) is 13.1 Å². The van der Waals surface area contributed by atoms with E-state index in [1.165, 1.54) is 6.08 Å². The van der Waals surface area contributed by atoms with E-state index < -0.39 is 5.41 Å². The zero-order valence-electron chi connectivity index (χ0n) is 12.0. The fourth-order valence-electron chi connectivity index (χ4n) is 1.37. The second kappa shape index (κ2) is 7.90. The van der Waals surface area contributed by atoms with Gasteiger partial charge in [-0.25, -0.2) is 0 Å². The van der Waals surface area contributed by atoms with E-state index in [9.17, 15) is 9.59 Å². The zero-order chi connectivity index (χ0) is 14.2.